The van der Waals surface area contributed by atoms with Gasteiger partial charge in [0.1, 0.15) is 0 Å². The Hall–Kier alpha value is 0.350. The van der Waals surface area contributed by atoms with Crippen LogP contribution in [0.1, 0.15) is 33.6 Å². The van der Waals surface area contributed by atoms with Gasteiger partial charge in [-0.2, -0.15) is 0 Å². The Morgan fingerprint density at radius 1 is 1.33 bits per heavy atom. The average Bonchev–Trinajstić information content (AvgIpc) is 1.82. The van der Waals surface area contributed by atoms with Gasteiger partial charge in [0.25, 0.3) is 0 Å². The van der Waals surface area contributed by atoms with Crippen molar-refractivity contribution in [2.75, 3.05) is 5.75 Å². The summed E-state index contributed by atoms with van der Waals surface area (Å²) < 4.78 is 0. The lowest BCUT2D eigenvalue weighted by atomic mass is 9.91. The highest BCUT2D eigenvalue weighted by atomic mass is 32.1. The van der Waals surface area contributed by atoms with E-state index in [0.29, 0.717) is 0 Å². The average molecular weight is 145 g/mol. The van der Waals surface area contributed by atoms with Gasteiger partial charge in [-0.05, 0) is 18.3 Å². The zero-order valence-electron chi connectivity index (χ0n) is 6.68. The molecule has 0 aliphatic rings. The predicted octanol–water partition coefficient (Wildman–Crippen LogP) is 3.26. The molecule has 0 aliphatic heterocycles. The van der Waals surface area contributed by atoms with Crippen LogP contribution in [0.3, 0.4) is 0 Å². The summed E-state index contributed by atoms with van der Waals surface area (Å²) in [6, 6.07) is 0. The molecule has 1 atom stereocenters. The van der Waals surface area contributed by atoms with Crippen molar-refractivity contribution in [3.05, 3.63) is 0 Å². The highest BCUT2D eigenvalue weighted by molar-refractivity contribution is 7.80. The highest BCUT2D eigenvalue weighted by Gasteiger charge is 2.08. The van der Waals surface area contributed by atoms with E-state index in [4.69, 9.17) is 12.6 Å². The van der Waals surface area contributed by atoms with Gasteiger partial charge in [0.05, 0.1) is 0 Å². The van der Waals surface area contributed by atoms with Gasteiger partial charge < -0.3 is 0 Å². The minimum absolute atomic E-state index is 0.818. The Bertz CT molecular complexity index is 59.6. The third-order valence-electron chi connectivity index (χ3n) is 1.96. The summed E-state index contributed by atoms with van der Waals surface area (Å²) in [5.41, 5.74) is 0. The van der Waals surface area contributed by atoms with E-state index in [9.17, 15) is 0 Å². The molecule has 0 nitrogen and oxygen atoms in total. The van der Waals surface area contributed by atoms with Gasteiger partial charge in [0.15, 0.2) is 0 Å². The van der Waals surface area contributed by atoms with Crippen LogP contribution in [0.5, 0.6) is 0 Å². The van der Waals surface area contributed by atoms with Crippen molar-refractivity contribution >= 4 is 12.6 Å². The van der Waals surface area contributed by atoms with E-state index >= 15 is 0 Å². The summed E-state index contributed by atoms with van der Waals surface area (Å²) >= 11 is 4.91. The maximum atomic E-state index is 4.91. The lowest BCUT2D eigenvalue weighted by Gasteiger charge is -2.16. The smallest absolute Gasteiger partial charge is 0.00396 e. The molecule has 55 valence electrons. The van der Waals surface area contributed by atoms with Gasteiger partial charge in [-0.25, -0.2) is 0 Å². The maximum Gasteiger partial charge on any atom is 0.00396 e. The Morgan fingerprint density at radius 2 is 1.89 bits per heavy atom. The van der Waals surface area contributed by atoms with E-state index in [2.05, 4.69) is 20.8 Å². The summed E-state index contributed by atoms with van der Waals surface area (Å²) in [7, 11) is 0. The van der Waals surface area contributed by atoms with Crippen molar-refractivity contribution in [2.24, 2.45) is 11.8 Å². The van der Waals surface area contributed by atoms with Crippen LogP contribution in [0.15, 0.2) is 0 Å². The van der Waals surface area contributed by atoms with E-state index in [1.54, 1.807) is 0 Å². The van der Waals surface area contributed by atoms with Crippen LogP contribution in [0.2, 0.25) is 0 Å². The second kappa shape index (κ2) is 5.16. The van der Waals surface area contributed by atoms with Crippen LogP contribution < -0.4 is 0 Å². The van der Waals surface area contributed by atoms with Crippen LogP contribution in [-0.2, 0) is 0 Å². The summed E-state index contributed by atoms with van der Waals surface area (Å²) in [4.78, 5) is 0. The number of hydrogen-bond acceptors (Lipinski definition) is 0. The lowest BCUT2D eigenvalue weighted by Crippen LogP contribution is -2.07. The quantitative estimate of drug-likeness (QED) is 0.569. The topological polar surface area (TPSA) is 0 Å². The van der Waals surface area contributed by atoms with Crippen molar-refractivity contribution in [1.82, 2.24) is 0 Å². The van der Waals surface area contributed by atoms with E-state index in [1.165, 1.54) is 12.8 Å². The molecule has 9 heavy (non-hydrogen) atoms. The third-order valence-corrected chi connectivity index (χ3v) is 2.19. The minimum Gasteiger partial charge on any atom is -0.0941 e. The largest absolute Gasteiger partial charge is 0.0941 e. The second-order valence-electron chi connectivity index (χ2n) is 2.91. The molecule has 0 fully saturated rings. The fourth-order valence-corrected chi connectivity index (χ4v) is 1.46. The van der Waals surface area contributed by atoms with Gasteiger partial charge >= 0.3 is 0 Å². The Balaban J connectivity index is 3.41. The summed E-state index contributed by atoms with van der Waals surface area (Å²) in [6.07, 6.45) is 2.51. The van der Waals surface area contributed by atoms with E-state index in [1.807, 2.05) is 0 Å². The molecule has 1 heteroatoms. The number of hydrogen-bond donors (Lipinski definition) is 0. The molecule has 0 bridgehead atoms. The van der Waals surface area contributed by atoms with Crippen molar-refractivity contribution in [2.45, 2.75) is 33.6 Å². The first-order valence-corrected chi connectivity index (χ1v) is 4.38. The molecule has 0 spiro atoms. The molecule has 0 saturated heterocycles. The molecule has 0 N–H and O–H groups in total. The first kappa shape index (κ1) is 9.35. The number of rotatable bonds is 4. The lowest BCUT2D eigenvalue weighted by molar-refractivity contribution is 0.365. The fraction of sp³-hybridized carbons (Fsp3) is 1.00. The zero-order valence-corrected chi connectivity index (χ0v) is 7.50. The molecular weight excluding hydrogens is 128 g/mol. The molecule has 0 aromatic heterocycles. The Labute approximate surface area is 64.4 Å². The van der Waals surface area contributed by atoms with E-state index < -0.39 is 0 Å². The SMILES string of the molecule is CCC(CC[S])C(C)C. The van der Waals surface area contributed by atoms with Crippen LogP contribution in [0.4, 0.5) is 0 Å². The summed E-state index contributed by atoms with van der Waals surface area (Å²) in [6.45, 7) is 6.80. The Kier molecular flexibility index (Phi) is 5.36. The summed E-state index contributed by atoms with van der Waals surface area (Å²) in [5.74, 6) is 2.61. The molecule has 0 aliphatic carbocycles. The van der Waals surface area contributed by atoms with Gasteiger partial charge in [0, 0.05) is 5.75 Å². The zero-order chi connectivity index (χ0) is 7.28. The normalized spacial score (nSPS) is 14.3. The molecular formula is C8H17S. The van der Waals surface area contributed by atoms with Crippen LogP contribution in [-0.4, -0.2) is 5.75 Å². The molecule has 0 aromatic carbocycles. The van der Waals surface area contributed by atoms with Crippen LogP contribution >= 0.6 is 12.6 Å². The van der Waals surface area contributed by atoms with Crippen molar-refractivity contribution in [3.8, 4) is 0 Å². The molecule has 1 radical (unpaired) electrons. The molecule has 0 amide bonds. The predicted molar refractivity (Wildman–Crippen MR) is 45.7 cm³/mol. The minimum atomic E-state index is 0.818. The molecule has 0 rings (SSSR count). The van der Waals surface area contributed by atoms with E-state index in [-0.39, 0.29) is 0 Å². The third kappa shape index (κ3) is 3.85. The van der Waals surface area contributed by atoms with Gasteiger partial charge in [0.2, 0.25) is 0 Å². The van der Waals surface area contributed by atoms with Gasteiger partial charge in [-0.15, -0.1) is 0 Å². The monoisotopic (exact) mass is 145 g/mol. The van der Waals surface area contributed by atoms with E-state index in [0.717, 1.165) is 17.6 Å². The van der Waals surface area contributed by atoms with Crippen LogP contribution in [0.25, 0.3) is 0 Å². The molecule has 0 heterocycles. The van der Waals surface area contributed by atoms with Crippen LogP contribution in [0, 0.1) is 11.8 Å². The first-order chi connectivity index (χ1) is 4.22. The van der Waals surface area contributed by atoms with Gasteiger partial charge in [-0.1, -0.05) is 39.8 Å². The summed E-state index contributed by atoms with van der Waals surface area (Å²) in [5, 5.41) is 0. The second-order valence-corrected chi connectivity index (χ2v) is 3.31. The molecule has 0 aromatic rings. The maximum absolute atomic E-state index is 4.91. The standard InChI is InChI=1S/C8H17S/c1-4-8(5-6-9)7(2)3/h7-8H,4-6H2,1-3H3. The fourth-order valence-electron chi connectivity index (χ4n) is 1.16. The molecule has 1 unspecified atom stereocenters. The highest BCUT2D eigenvalue weighted by Crippen LogP contribution is 2.18. The van der Waals surface area contributed by atoms with Crippen molar-refractivity contribution in [1.29, 1.82) is 0 Å². The van der Waals surface area contributed by atoms with Crippen molar-refractivity contribution in [3.63, 3.8) is 0 Å². The van der Waals surface area contributed by atoms with Crippen molar-refractivity contribution < 1.29 is 0 Å². The van der Waals surface area contributed by atoms with Gasteiger partial charge in [-0.3, -0.25) is 0 Å². The molecule has 0 saturated carbocycles. The Morgan fingerprint density at radius 3 is 2.00 bits per heavy atom. The first-order valence-electron chi connectivity index (χ1n) is 3.80.